The monoisotopic (exact) mass is 250 g/mol. The minimum atomic E-state index is -4.30. The molecule has 2 rings (SSSR count). The molecular formula is C10H13F3N2O2. The third-order valence-electron chi connectivity index (χ3n) is 3.04. The van der Waals surface area contributed by atoms with Crippen molar-refractivity contribution in [1.29, 1.82) is 0 Å². The maximum Gasteiger partial charge on any atom is 0.390 e. The molecule has 1 saturated heterocycles. The van der Waals surface area contributed by atoms with Crippen LogP contribution in [0.5, 0.6) is 0 Å². The van der Waals surface area contributed by atoms with Crippen molar-refractivity contribution in [1.82, 2.24) is 10.2 Å². The van der Waals surface area contributed by atoms with Gasteiger partial charge in [0.1, 0.15) is 6.04 Å². The van der Waals surface area contributed by atoms with Crippen molar-refractivity contribution in [3.63, 3.8) is 0 Å². The molecule has 2 aliphatic rings. The summed E-state index contributed by atoms with van der Waals surface area (Å²) in [5, 5.41) is 2.42. The number of hydrogen-bond acceptors (Lipinski definition) is 2. The number of alkyl halides is 3. The molecule has 0 aromatic heterocycles. The number of piperazine rings is 1. The predicted octanol–water partition coefficient (Wildman–Crippen LogP) is 0.676. The molecule has 0 spiro atoms. The Morgan fingerprint density at radius 2 is 1.94 bits per heavy atom. The van der Waals surface area contributed by atoms with E-state index in [9.17, 15) is 22.8 Å². The number of nitrogens with zero attached hydrogens (tertiary/aromatic N) is 1. The van der Waals surface area contributed by atoms with Crippen LogP contribution in [0.3, 0.4) is 0 Å². The average molecular weight is 250 g/mol. The quantitative estimate of drug-likeness (QED) is 0.800. The Balaban J connectivity index is 2.03. The van der Waals surface area contributed by atoms with Gasteiger partial charge in [-0.05, 0) is 18.8 Å². The van der Waals surface area contributed by atoms with Crippen molar-refractivity contribution >= 4 is 11.8 Å². The van der Waals surface area contributed by atoms with E-state index in [0.717, 1.165) is 17.7 Å². The molecule has 1 atom stereocenters. The summed E-state index contributed by atoms with van der Waals surface area (Å²) in [4.78, 5) is 24.2. The summed E-state index contributed by atoms with van der Waals surface area (Å²) >= 11 is 0. The van der Waals surface area contributed by atoms with Crippen LogP contribution < -0.4 is 5.32 Å². The summed E-state index contributed by atoms with van der Waals surface area (Å²) in [6.45, 7) is -0.614. The molecule has 1 unspecified atom stereocenters. The molecule has 2 amide bonds. The van der Waals surface area contributed by atoms with E-state index in [0.29, 0.717) is 0 Å². The predicted molar refractivity (Wildman–Crippen MR) is 51.9 cm³/mol. The zero-order chi connectivity index (χ0) is 12.6. The second-order valence-corrected chi connectivity index (χ2v) is 4.45. The molecule has 1 heterocycles. The van der Waals surface area contributed by atoms with Crippen LogP contribution in [0.25, 0.3) is 0 Å². The molecule has 96 valence electrons. The first-order chi connectivity index (χ1) is 7.88. The lowest BCUT2D eigenvalue weighted by molar-refractivity contribution is -0.156. The second-order valence-electron chi connectivity index (χ2n) is 4.45. The Hall–Kier alpha value is -1.27. The van der Waals surface area contributed by atoms with E-state index < -0.39 is 31.1 Å². The van der Waals surface area contributed by atoms with Crippen molar-refractivity contribution in [2.24, 2.45) is 5.92 Å². The Morgan fingerprint density at radius 1 is 1.29 bits per heavy atom. The molecule has 1 aliphatic carbocycles. The SMILES string of the molecule is O=C1NCC(=O)N(CCC(F)(F)F)C1C1CC1. The van der Waals surface area contributed by atoms with Crippen LogP contribution in [0.4, 0.5) is 13.2 Å². The Morgan fingerprint density at radius 3 is 2.47 bits per heavy atom. The van der Waals surface area contributed by atoms with Gasteiger partial charge in [-0.15, -0.1) is 0 Å². The minimum absolute atomic E-state index is 0.0347. The lowest BCUT2D eigenvalue weighted by Crippen LogP contribution is -2.59. The van der Waals surface area contributed by atoms with Gasteiger partial charge in [0, 0.05) is 6.54 Å². The fourth-order valence-electron chi connectivity index (χ4n) is 2.06. The van der Waals surface area contributed by atoms with Gasteiger partial charge >= 0.3 is 6.18 Å². The first kappa shape index (κ1) is 12.2. The normalized spacial score (nSPS) is 26.1. The van der Waals surface area contributed by atoms with Crippen molar-refractivity contribution in [3.8, 4) is 0 Å². The largest absolute Gasteiger partial charge is 0.390 e. The minimum Gasteiger partial charge on any atom is -0.345 e. The summed E-state index contributed by atoms with van der Waals surface area (Å²) < 4.78 is 36.4. The molecule has 0 bridgehead atoms. The molecule has 0 aromatic rings. The fourth-order valence-corrected chi connectivity index (χ4v) is 2.06. The molecule has 2 fully saturated rings. The summed E-state index contributed by atoms with van der Waals surface area (Å²) in [5.74, 6) is -0.715. The van der Waals surface area contributed by atoms with E-state index in [1.807, 2.05) is 0 Å². The maximum atomic E-state index is 12.1. The number of carbonyl (C=O) groups is 2. The van der Waals surface area contributed by atoms with E-state index >= 15 is 0 Å². The van der Waals surface area contributed by atoms with Crippen molar-refractivity contribution < 1.29 is 22.8 Å². The molecule has 4 nitrogen and oxygen atoms in total. The Kier molecular flexibility index (Phi) is 3.01. The summed E-state index contributed by atoms with van der Waals surface area (Å²) in [6, 6.07) is -0.696. The molecule has 1 saturated carbocycles. The number of nitrogens with one attached hydrogen (secondary N) is 1. The third-order valence-corrected chi connectivity index (χ3v) is 3.04. The van der Waals surface area contributed by atoms with Gasteiger partial charge in [0.05, 0.1) is 13.0 Å². The van der Waals surface area contributed by atoms with E-state index in [2.05, 4.69) is 5.32 Å². The van der Waals surface area contributed by atoms with Crippen molar-refractivity contribution in [3.05, 3.63) is 0 Å². The van der Waals surface area contributed by atoms with Crippen molar-refractivity contribution in [2.75, 3.05) is 13.1 Å². The zero-order valence-electron chi connectivity index (χ0n) is 9.09. The first-order valence-electron chi connectivity index (χ1n) is 5.52. The lowest BCUT2D eigenvalue weighted by atomic mass is 10.1. The van der Waals surface area contributed by atoms with Gasteiger partial charge in [-0.2, -0.15) is 13.2 Å². The van der Waals surface area contributed by atoms with Gasteiger partial charge in [0.2, 0.25) is 11.8 Å². The topological polar surface area (TPSA) is 49.4 Å². The average Bonchev–Trinajstić information content (AvgIpc) is 3.01. The van der Waals surface area contributed by atoms with Gasteiger partial charge in [-0.1, -0.05) is 0 Å². The van der Waals surface area contributed by atoms with E-state index in [-0.39, 0.29) is 18.4 Å². The highest BCUT2D eigenvalue weighted by molar-refractivity contribution is 5.95. The molecule has 0 radical (unpaired) electrons. The maximum absolute atomic E-state index is 12.1. The number of halogens is 3. The molecule has 0 aromatic carbocycles. The van der Waals surface area contributed by atoms with Gasteiger partial charge in [0.15, 0.2) is 0 Å². The van der Waals surface area contributed by atoms with E-state index in [4.69, 9.17) is 0 Å². The molecule has 17 heavy (non-hydrogen) atoms. The number of rotatable bonds is 3. The molecule has 1 aliphatic heterocycles. The van der Waals surface area contributed by atoms with Crippen LogP contribution in [-0.4, -0.2) is 42.0 Å². The summed E-state index contributed by atoms with van der Waals surface area (Å²) in [6.07, 6.45) is -3.76. The van der Waals surface area contributed by atoms with Gasteiger partial charge in [0.25, 0.3) is 0 Å². The van der Waals surface area contributed by atoms with Gasteiger partial charge in [-0.3, -0.25) is 9.59 Å². The van der Waals surface area contributed by atoms with Crippen LogP contribution >= 0.6 is 0 Å². The Labute approximate surface area is 96.1 Å². The summed E-state index contributed by atoms with van der Waals surface area (Å²) in [7, 11) is 0. The smallest absolute Gasteiger partial charge is 0.345 e. The second kappa shape index (κ2) is 4.19. The van der Waals surface area contributed by atoms with Crippen LogP contribution in [0, 0.1) is 5.92 Å². The van der Waals surface area contributed by atoms with Crippen LogP contribution in [0.2, 0.25) is 0 Å². The standard InChI is InChI=1S/C10H13F3N2O2/c11-10(12,13)3-4-15-7(16)5-14-9(17)8(15)6-1-2-6/h6,8H,1-5H2,(H,14,17). The fraction of sp³-hybridized carbons (Fsp3) is 0.800. The lowest BCUT2D eigenvalue weighted by Gasteiger charge is -2.35. The number of hydrogen-bond donors (Lipinski definition) is 1. The molecule has 7 heteroatoms. The highest BCUT2D eigenvalue weighted by atomic mass is 19.4. The Bertz CT molecular complexity index is 339. The number of amides is 2. The van der Waals surface area contributed by atoms with Gasteiger partial charge in [-0.25, -0.2) is 0 Å². The van der Waals surface area contributed by atoms with Gasteiger partial charge < -0.3 is 10.2 Å². The number of carbonyl (C=O) groups excluding carboxylic acids is 2. The van der Waals surface area contributed by atoms with E-state index in [1.54, 1.807) is 0 Å². The molecular weight excluding hydrogens is 237 g/mol. The highest BCUT2D eigenvalue weighted by Gasteiger charge is 2.45. The molecule has 1 N–H and O–H groups in total. The summed E-state index contributed by atoms with van der Waals surface area (Å²) in [5.41, 5.74) is 0. The van der Waals surface area contributed by atoms with Crippen LogP contribution in [-0.2, 0) is 9.59 Å². The van der Waals surface area contributed by atoms with Crippen LogP contribution in [0.1, 0.15) is 19.3 Å². The third kappa shape index (κ3) is 2.89. The van der Waals surface area contributed by atoms with E-state index in [1.165, 1.54) is 0 Å². The first-order valence-corrected chi connectivity index (χ1v) is 5.52. The highest BCUT2D eigenvalue weighted by Crippen LogP contribution is 2.37. The van der Waals surface area contributed by atoms with Crippen molar-refractivity contribution in [2.45, 2.75) is 31.5 Å². The zero-order valence-corrected chi connectivity index (χ0v) is 9.09. The van der Waals surface area contributed by atoms with Crippen LogP contribution in [0.15, 0.2) is 0 Å².